The molecule has 132 valence electrons. The molecule has 25 heavy (non-hydrogen) atoms. The van der Waals surface area contributed by atoms with Crippen LogP contribution in [0.15, 0.2) is 53.5 Å². The normalized spacial score (nSPS) is 11.0. The Morgan fingerprint density at radius 1 is 1.12 bits per heavy atom. The molecule has 0 fully saturated rings. The van der Waals surface area contributed by atoms with Gasteiger partial charge in [0.1, 0.15) is 5.75 Å². The van der Waals surface area contributed by atoms with Gasteiger partial charge in [0.25, 0.3) is 0 Å². The van der Waals surface area contributed by atoms with E-state index < -0.39 is 0 Å². The van der Waals surface area contributed by atoms with Gasteiger partial charge in [0, 0.05) is 12.2 Å². The number of rotatable bonds is 6. The molecule has 0 aliphatic rings. The number of aliphatic imine (C=N–C) groups is 1. The standard InChI is InChI=1S/C19H24N4O2/c1-3-20-19(21-12-15-6-4-5-14(2)11-15)22-13-18(25)23-16-7-9-17(24)10-8-16/h4-11,24H,3,12-13H2,1-2H3,(H,23,25)(H2,20,21,22). The average molecular weight is 340 g/mol. The number of phenols is 1. The molecule has 6 heteroatoms. The van der Waals surface area contributed by atoms with Crippen molar-refractivity contribution in [3.63, 3.8) is 0 Å². The van der Waals surface area contributed by atoms with Crippen LogP contribution in [0.25, 0.3) is 0 Å². The number of hydrogen-bond acceptors (Lipinski definition) is 3. The predicted molar refractivity (Wildman–Crippen MR) is 101 cm³/mol. The van der Waals surface area contributed by atoms with Crippen LogP contribution in [0.5, 0.6) is 5.75 Å². The Hall–Kier alpha value is -3.02. The second-order valence-electron chi connectivity index (χ2n) is 5.63. The highest BCUT2D eigenvalue weighted by molar-refractivity contribution is 5.95. The van der Waals surface area contributed by atoms with Gasteiger partial charge in [-0.2, -0.15) is 0 Å². The van der Waals surface area contributed by atoms with Gasteiger partial charge < -0.3 is 21.1 Å². The zero-order chi connectivity index (χ0) is 18.1. The number of aromatic hydroxyl groups is 1. The summed E-state index contributed by atoms with van der Waals surface area (Å²) in [5.41, 5.74) is 2.94. The molecule has 0 bridgehead atoms. The largest absolute Gasteiger partial charge is 0.508 e. The summed E-state index contributed by atoms with van der Waals surface area (Å²) in [6.07, 6.45) is 0. The van der Waals surface area contributed by atoms with Crippen molar-refractivity contribution in [3.8, 4) is 5.75 Å². The van der Waals surface area contributed by atoms with Crippen LogP contribution in [0.1, 0.15) is 18.1 Å². The van der Waals surface area contributed by atoms with E-state index in [0.717, 1.165) is 5.56 Å². The van der Waals surface area contributed by atoms with E-state index in [4.69, 9.17) is 0 Å². The fourth-order valence-corrected chi connectivity index (χ4v) is 2.24. The highest BCUT2D eigenvalue weighted by Gasteiger charge is 2.04. The van der Waals surface area contributed by atoms with Crippen LogP contribution in [0, 0.1) is 6.92 Å². The summed E-state index contributed by atoms with van der Waals surface area (Å²) >= 11 is 0. The van der Waals surface area contributed by atoms with Crippen molar-refractivity contribution < 1.29 is 9.90 Å². The molecule has 0 aliphatic heterocycles. The maximum atomic E-state index is 12.0. The van der Waals surface area contributed by atoms with Crippen molar-refractivity contribution in [1.82, 2.24) is 10.6 Å². The van der Waals surface area contributed by atoms with E-state index in [1.54, 1.807) is 12.1 Å². The van der Waals surface area contributed by atoms with E-state index >= 15 is 0 Å². The third-order valence-corrected chi connectivity index (χ3v) is 3.41. The number of benzene rings is 2. The van der Waals surface area contributed by atoms with Crippen LogP contribution < -0.4 is 16.0 Å². The fourth-order valence-electron chi connectivity index (χ4n) is 2.24. The first-order valence-electron chi connectivity index (χ1n) is 8.23. The van der Waals surface area contributed by atoms with Gasteiger partial charge in [-0.15, -0.1) is 0 Å². The smallest absolute Gasteiger partial charge is 0.243 e. The summed E-state index contributed by atoms with van der Waals surface area (Å²) in [5.74, 6) is 0.561. The first-order chi connectivity index (χ1) is 12.1. The molecule has 0 aromatic heterocycles. The molecule has 0 aliphatic carbocycles. The minimum atomic E-state index is -0.188. The molecule has 0 heterocycles. The Morgan fingerprint density at radius 2 is 1.88 bits per heavy atom. The number of anilines is 1. The number of carbonyl (C=O) groups is 1. The Labute approximate surface area is 148 Å². The molecular formula is C19H24N4O2. The molecular weight excluding hydrogens is 316 g/mol. The number of amides is 1. The molecule has 0 saturated carbocycles. The monoisotopic (exact) mass is 340 g/mol. The molecule has 6 nitrogen and oxygen atoms in total. The van der Waals surface area contributed by atoms with Crippen molar-refractivity contribution in [2.45, 2.75) is 20.4 Å². The van der Waals surface area contributed by atoms with Crippen molar-refractivity contribution in [3.05, 3.63) is 59.7 Å². The van der Waals surface area contributed by atoms with Crippen molar-refractivity contribution in [2.24, 2.45) is 4.99 Å². The minimum Gasteiger partial charge on any atom is -0.508 e. The van der Waals surface area contributed by atoms with Gasteiger partial charge in [-0.25, -0.2) is 4.99 Å². The van der Waals surface area contributed by atoms with Gasteiger partial charge >= 0.3 is 0 Å². The molecule has 2 rings (SSSR count). The van der Waals surface area contributed by atoms with Gasteiger partial charge in [0.2, 0.25) is 5.91 Å². The number of hydrogen-bond donors (Lipinski definition) is 4. The molecule has 0 atom stereocenters. The van der Waals surface area contributed by atoms with Crippen LogP contribution in [-0.2, 0) is 11.3 Å². The zero-order valence-corrected chi connectivity index (χ0v) is 14.5. The lowest BCUT2D eigenvalue weighted by Gasteiger charge is -2.11. The number of aryl methyl sites for hydroxylation is 1. The summed E-state index contributed by atoms with van der Waals surface area (Å²) in [6.45, 7) is 5.36. The average Bonchev–Trinajstić information content (AvgIpc) is 2.59. The minimum absolute atomic E-state index is 0.0977. The molecule has 4 N–H and O–H groups in total. The van der Waals surface area contributed by atoms with E-state index in [2.05, 4.69) is 27.0 Å². The molecule has 0 spiro atoms. The van der Waals surface area contributed by atoms with Crippen LogP contribution in [0.2, 0.25) is 0 Å². The molecule has 0 unspecified atom stereocenters. The fraction of sp³-hybridized carbons (Fsp3) is 0.263. The molecule has 1 amide bonds. The molecule has 2 aromatic rings. The number of nitrogens with one attached hydrogen (secondary N) is 3. The third kappa shape index (κ3) is 6.55. The van der Waals surface area contributed by atoms with Crippen molar-refractivity contribution >= 4 is 17.6 Å². The Morgan fingerprint density at radius 3 is 2.56 bits per heavy atom. The third-order valence-electron chi connectivity index (χ3n) is 3.41. The van der Waals surface area contributed by atoms with Gasteiger partial charge in [-0.1, -0.05) is 29.8 Å². The molecule has 0 saturated heterocycles. The lowest BCUT2D eigenvalue weighted by Crippen LogP contribution is -2.41. The molecule has 0 radical (unpaired) electrons. The lowest BCUT2D eigenvalue weighted by atomic mass is 10.1. The van der Waals surface area contributed by atoms with Crippen molar-refractivity contribution in [2.75, 3.05) is 18.4 Å². The first kappa shape index (κ1) is 18.3. The summed E-state index contributed by atoms with van der Waals surface area (Å²) in [4.78, 5) is 16.5. The van der Waals surface area contributed by atoms with Crippen LogP contribution in [-0.4, -0.2) is 30.1 Å². The Bertz CT molecular complexity index is 726. The Balaban J connectivity index is 1.88. The quantitative estimate of drug-likeness (QED) is 0.369. The summed E-state index contributed by atoms with van der Waals surface area (Å²) in [7, 11) is 0. The van der Waals surface area contributed by atoms with E-state index in [-0.39, 0.29) is 18.2 Å². The maximum absolute atomic E-state index is 12.0. The number of guanidine groups is 1. The summed E-state index contributed by atoms with van der Waals surface area (Å²) in [5, 5.41) is 18.1. The first-order valence-corrected chi connectivity index (χ1v) is 8.23. The number of nitrogens with zero attached hydrogens (tertiary/aromatic N) is 1. The second-order valence-corrected chi connectivity index (χ2v) is 5.63. The topological polar surface area (TPSA) is 85.8 Å². The summed E-state index contributed by atoms with van der Waals surface area (Å²) < 4.78 is 0. The van der Waals surface area contributed by atoms with Crippen LogP contribution >= 0.6 is 0 Å². The van der Waals surface area contributed by atoms with Gasteiger partial charge in [0.05, 0.1) is 13.1 Å². The van der Waals surface area contributed by atoms with E-state index in [0.29, 0.717) is 24.7 Å². The Kier molecular flexibility index (Phi) is 6.83. The maximum Gasteiger partial charge on any atom is 0.243 e. The number of phenolic OH excluding ortho intramolecular Hbond substituents is 1. The number of carbonyl (C=O) groups excluding carboxylic acids is 1. The predicted octanol–water partition coefficient (Wildman–Crippen LogP) is 2.39. The second kappa shape index (κ2) is 9.32. The SMILES string of the molecule is CCNC(=NCc1cccc(C)c1)NCC(=O)Nc1ccc(O)cc1. The van der Waals surface area contributed by atoms with Crippen molar-refractivity contribution in [1.29, 1.82) is 0 Å². The van der Waals surface area contributed by atoms with Gasteiger partial charge in [-0.05, 0) is 43.7 Å². The van der Waals surface area contributed by atoms with Gasteiger partial charge in [0.15, 0.2) is 5.96 Å². The highest BCUT2D eigenvalue weighted by Crippen LogP contribution is 2.13. The zero-order valence-electron chi connectivity index (χ0n) is 14.5. The van der Waals surface area contributed by atoms with E-state index in [1.165, 1.54) is 17.7 Å². The summed E-state index contributed by atoms with van der Waals surface area (Å²) in [6, 6.07) is 14.5. The van der Waals surface area contributed by atoms with Gasteiger partial charge in [-0.3, -0.25) is 4.79 Å². The van der Waals surface area contributed by atoms with E-state index in [9.17, 15) is 9.90 Å². The van der Waals surface area contributed by atoms with Crippen LogP contribution in [0.3, 0.4) is 0 Å². The van der Waals surface area contributed by atoms with Crippen LogP contribution in [0.4, 0.5) is 5.69 Å². The highest BCUT2D eigenvalue weighted by atomic mass is 16.3. The molecule has 2 aromatic carbocycles. The van der Waals surface area contributed by atoms with E-state index in [1.807, 2.05) is 32.0 Å². The lowest BCUT2D eigenvalue weighted by molar-refractivity contribution is -0.115.